The van der Waals surface area contributed by atoms with Crippen molar-refractivity contribution in [2.75, 3.05) is 26.8 Å². The second kappa shape index (κ2) is 6.08. The first kappa shape index (κ1) is 12.5. The fraction of sp³-hybridized carbons (Fsp3) is 0.909. The molecule has 2 N–H and O–H groups in total. The first-order chi connectivity index (χ1) is 7.13. The number of nitrogens with zero attached hydrogens (tertiary/aromatic N) is 1. The Bertz CT molecular complexity index is 209. The van der Waals surface area contributed by atoms with E-state index in [0.717, 1.165) is 19.4 Å². The highest BCUT2D eigenvalue weighted by molar-refractivity contribution is 5.76. The maximum absolute atomic E-state index is 11.7. The number of hydrogen-bond acceptors (Lipinski definition) is 3. The van der Waals surface area contributed by atoms with Crippen LogP contribution in [0.5, 0.6) is 0 Å². The Balaban J connectivity index is 2.41. The molecule has 88 valence electrons. The molecule has 0 aromatic rings. The average molecular weight is 214 g/mol. The first-order valence-corrected chi connectivity index (χ1v) is 5.65. The summed E-state index contributed by atoms with van der Waals surface area (Å²) < 4.78 is 4.97. The number of hydrogen-bond donors (Lipinski definition) is 1. The second-order valence-electron chi connectivity index (χ2n) is 4.49. The van der Waals surface area contributed by atoms with Crippen LogP contribution in [0.2, 0.25) is 0 Å². The van der Waals surface area contributed by atoms with Crippen LogP contribution in [0.15, 0.2) is 0 Å². The van der Waals surface area contributed by atoms with Gasteiger partial charge in [-0.15, -0.1) is 0 Å². The van der Waals surface area contributed by atoms with Gasteiger partial charge in [0.2, 0.25) is 5.91 Å². The third kappa shape index (κ3) is 4.18. The van der Waals surface area contributed by atoms with Crippen molar-refractivity contribution >= 4 is 5.91 Å². The molecule has 1 aliphatic heterocycles. The summed E-state index contributed by atoms with van der Waals surface area (Å²) in [6.07, 6.45) is 2.77. The maximum atomic E-state index is 11.7. The molecule has 0 aromatic carbocycles. The molecule has 0 aliphatic carbocycles. The maximum Gasteiger partial charge on any atom is 0.222 e. The Morgan fingerprint density at radius 2 is 2.33 bits per heavy atom. The molecular formula is C11H22N2O2. The van der Waals surface area contributed by atoms with E-state index < -0.39 is 0 Å². The van der Waals surface area contributed by atoms with Crippen molar-refractivity contribution in [2.45, 2.75) is 32.2 Å². The van der Waals surface area contributed by atoms with E-state index in [1.54, 1.807) is 7.11 Å². The lowest BCUT2D eigenvalue weighted by Crippen LogP contribution is -2.43. The van der Waals surface area contributed by atoms with E-state index in [0.29, 0.717) is 25.5 Å². The van der Waals surface area contributed by atoms with E-state index in [1.165, 1.54) is 0 Å². The Labute approximate surface area is 91.8 Å². The van der Waals surface area contributed by atoms with Crippen molar-refractivity contribution in [3.63, 3.8) is 0 Å². The molecule has 4 nitrogen and oxygen atoms in total. The van der Waals surface area contributed by atoms with Crippen molar-refractivity contribution in [1.82, 2.24) is 4.90 Å². The van der Waals surface area contributed by atoms with Gasteiger partial charge in [0.25, 0.3) is 0 Å². The molecule has 1 fully saturated rings. The van der Waals surface area contributed by atoms with Gasteiger partial charge in [-0.3, -0.25) is 4.79 Å². The van der Waals surface area contributed by atoms with Crippen LogP contribution < -0.4 is 5.73 Å². The lowest BCUT2D eigenvalue weighted by molar-refractivity contribution is -0.131. The van der Waals surface area contributed by atoms with Crippen LogP contribution in [0.25, 0.3) is 0 Å². The van der Waals surface area contributed by atoms with Crippen LogP contribution in [0.1, 0.15) is 26.2 Å². The van der Waals surface area contributed by atoms with Crippen LogP contribution in [-0.4, -0.2) is 43.7 Å². The Hall–Kier alpha value is -0.610. The third-order valence-corrected chi connectivity index (χ3v) is 2.93. The number of likely N-dealkylation sites (tertiary alicyclic amines) is 1. The van der Waals surface area contributed by atoms with Gasteiger partial charge >= 0.3 is 0 Å². The first-order valence-electron chi connectivity index (χ1n) is 5.65. The fourth-order valence-electron chi connectivity index (χ4n) is 1.92. The van der Waals surface area contributed by atoms with Gasteiger partial charge < -0.3 is 15.4 Å². The Kier molecular flexibility index (Phi) is 5.05. The van der Waals surface area contributed by atoms with Crippen LogP contribution in [-0.2, 0) is 9.53 Å². The van der Waals surface area contributed by atoms with Crippen molar-refractivity contribution in [3.8, 4) is 0 Å². The zero-order valence-corrected chi connectivity index (χ0v) is 9.74. The summed E-state index contributed by atoms with van der Waals surface area (Å²) in [6.45, 7) is 4.18. The summed E-state index contributed by atoms with van der Waals surface area (Å²) in [6, 6.07) is -0.0626. The summed E-state index contributed by atoms with van der Waals surface area (Å²) in [5.41, 5.74) is 5.84. The molecule has 1 amide bonds. The fourth-order valence-corrected chi connectivity index (χ4v) is 1.92. The highest BCUT2D eigenvalue weighted by Gasteiger charge is 2.21. The minimum Gasteiger partial charge on any atom is -0.383 e. The molecule has 0 saturated carbocycles. The number of rotatable bonds is 4. The van der Waals surface area contributed by atoms with Crippen LogP contribution in [0.4, 0.5) is 0 Å². The molecule has 0 bridgehead atoms. The lowest BCUT2D eigenvalue weighted by atomic mass is 10.0. The minimum absolute atomic E-state index is 0.0626. The third-order valence-electron chi connectivity index (χ3n) is 2.93. The molecule has 2 atom stereocenters. The van der Waals surface area contributed by atoms with Gasteiger partial charge in [0, 0.05) is 32.7 Å². The molecule has 0 radical (unpaired) electrons. The van der Waals surface area contributed by atoms with Crippen LogP contribution in [0, 0.1) is 5.92 Å². The number of carbonyl (C=O) groups is 1. The molecule has 1 heterocycles. The number of methoxy groups -OCH3 is 1. The molecule has 2 unspecified atom stereocenters. The van der Waals surface area contributed by atoms with E-state index in [-0.39, 0.29) is 11.9 Å². The second-order valence-corrected chi connectivity index (χ2v) is 4.49. The predicted octanol–water partition coefficient (Wildman–Crippen LogP) is 0.609. The molecule has 1 rings (SSSR count). The highest BCUT2D eigenvalue weighted by atomic mass is 16.5. The zero-order valence-electron chi connectivity index (χ0n) is 9.74. The van der Waals surface area contributed by atoms with Crippen molar-refractivity contribution < 1.29 is 9.53 Å². The molecule has 0 aromatic heterocycles. The summed E-state index contributed by atoms with van der Waals surface area (Å²) >= 11 is 0. The molecule has 1 aliphatic rings. The monoisotopic (exact) mass is 214 g/mol. The summed E-state index contributed by atoms with van der Waals surface area (Å²) in [7, 11) is 1.63. The van der Waals surface area contributed by atoms with Gasteiger partial charge in [-0.05, 0) is 18.8 Å². The average Bonchev–Trinajstić information content (AvgIpc) is 2.33. The lowest BCUT2D eigenvalue weighted by Gasteiger charge is -2.24. The van der Waals surface area contributed by atoms with E-state index in [4.69, 9.17) is 10.5 Å². The van der Waals surface area contributed by atoms with Crippen LogP contribution in [0.3, 0.4) is 0 Å². The smallest absolute Gasteiger partial charge is 0.222 e. The van der Waals surface area contributed by atoms with E-state index in [2.05, 4.69) is 6.92 Å². The van der Waals surface area contributed by atoms with Crippen molar-refractivity contribution in [3.05, 3.63) is 0 Å². The van der Waals surface area contributed by atoms with Crippen molar-refractivity contribution in [2.24, 2.45) is 11.7 Å². The van der Waals surface area contributed by atoms with Gasteiger partial charge in [0.1, 0.15) is 0 Å². The van der Waals surface area contributed by atoms with Gasteiger partial charge in [0.05, 0.1) is 6.61 Å². The molecule has 1 saturated heterocycles. The summed E-state index contributed by atoms with van der Waals surface area (Å²) in [4.78, 5) is 13.6. The Morgan fingerprint density at radius 3 is 3.00 bits per heavy atom. The highest BCUT2D eigenvalue weighted by Crippen LogP contribution is 2.17. The van der Waals surface area contributed by atoms with Gasteiger partial charge in [0.15, 0.2) is 0 Å². The van der Waals surface area contributed by atoms with Crippen molar-refractivity contribution in [1.29, 1.82) is 0 Å². The quantitative estimate of drug-likeness (QED) is 0.746. The summed E-state index contributed by atoms with van der Waals surface area (Å²) in [5, 5.41) is 0. The predicted molar refractivity (Wildman–Crippen MR) is 59.4 cm³/mol. The number of ether oxygens (including phenoxy) is 1. The van der Waals surface area contributed by atoms with Gasteiger partial charge in [-0.25, -0.2) is 0 Å². The van der Waals surface area contributed by atoms with E-state index >= 15 is 0 Å². The zero-order chi connectivity index (χ0) is 11.3. The Morgan fingerprint density at radius 1 is 1.60 bits per heavy atom. The van der Waals surface area contributed by atoms with E-state index in [1.807, 2.05) is 4.90 Å². The van der Waals surface area contributed by atoms with E-state index in [9.17, 15) is 4.79 Å². The molecule has 0 spiro atoms. The van der Waals surface area contributed by atoms with Gasteiger partial charge in [-0.1, -0.05) is 6.92 Å². The van der Waals surface area contributed by atoms with Crippen LogP contribution >= 0.6 is 0 Å². The summed E-state index contributed by atoms with van der Waals surface area (Å²) in [5.74, 6) is 0.892. The molecule has 4 heteroatoms. The molecular weight excluding hydrogens is 192 g/mol. The number of amides is 1. The number of carbonyl (C=O) groups excluding carboxylic acids is 1. The molecule has 15 heavy (non-hydrogen) atoms. The largest absolute Gasteiger partial charge is 0.383 e. The number of nitrogens with two attached hydrogens (primary N) is 1. The van der Waals surface area contributed by atoms with Gasteiger partial charge in [-0.2, -0.15) is 0 Å². The standard InChI is InChI=1S/C11H22N2O2/c1-9-3-4-11(14)13(6-5-9)7-10(12)8-15-2/h9-10H,3-8,12H2,1-2H3. The normalized spacial score (nSPS) is 25.1. The minimum atomic E-state index is -0.0626. The SMILES string of the molecule is COCC(N)CN1CCC(C)CCC1=O. The topological polar surface area (TPSA) is 55.6 Å².